The summed E-state index contributed by atoms with van der Waals surface area (Å²) in [5.41, 5.74) is 1.21. The van der Waals surface area contributed by atoms with Gasteiger partial charge in [-0.25, -0.2) is 13.2 Å². The van der Waals surface area contributed by atoms with Gasteiger partial charge < -0.3 is 10.6 Å². The average molecular weight is 379 g/mol. The molecule has 1 atom stereocenters. The number of nitrogens with zero attached hydrogens (tertiary/aromatic N) is 1. The van der Waals surface area contributed by atoms with E-state index in [0.717, 1.165) is 17.7 Å². The lowest BCUT2D eigenvalue weighted by atomic mass is 10.2. The number of aryl methyl sites for hydroxylation is 1. The molecule has 2 aromatic rings. The van der Waals surface area contributed by atoms with Gasteiger partial charge in [0, 0.05) is 5.69 Å². The standard InChI is InChI=1S/C19H20F3N3O2/c1-11-4-6-13(7-5-11)23-16(26)10-25(3)12(2)19(27)24-15-9-8-14(20)17(21)18(15)22/h4-9,12H,10H2,1-3H3,(H,23,26)(H,24,27)/t12-/m1/s1. The van der Waals surface area contributed by atoms with Gasteiger partial charge in [0.25, 0.3) is 0 Å². The maximum atomic E-state index is 13.7. The van der Waals surface area contributed by atoms with Crippen LogP contribution in [0.25, 0.3) is 0 Å². The van der Waals surface area contributed by atoms with E-state index in [-0.39, 0.29) is 12.5 Å². The Morgan fingerprint density at radius 2 is 1.63 bits per heavy atom. The quantitative estimate of drug-likeness (QED) is 0.757. The molecule has 0 radical (unpaired) electrons. The van der Waals surface area contributed by atoms with Gasteiger partial charge in [-0.15, -0.1) is 0 Å². The number of amides is 2. The third-order valence-electron chi connectivity index (χ3n) is 4.06. The zero-order valence-electron chi connectivity index (χ0n) is 15.1. The number of nitrogens with one attached hydrogen (secondary N) is 2. The lowest BCUT2D eigenvalue weighted by Gasteiger charge is -2.23. The number of likely N-dealkylation sites (N-methyl/N-ethyl adjacent to an activating group) is 1. The maximum absolute atomic E-state index is 13.7. The number of hydrogen-bond acceptors (Lipinski definition) is 3. The summed E-state index contributed by atoms with van der Waals surface area (Å²) < 4.78 is 39.8. The summed E-state index contributed by atoms with van der Waals surface area (Å²) in [6.07, 6.45) is 0. The van der Waals surface area contributed by atoms with E-state index in [0.29, 0.717) is 5.69 Å². The van der Waals surface area contributed by atoms with E-state index in [1.54, 1.807) is 19.2 Å². The molecule has 0 heterocycles. The summed E-state index contributed by atoms with van der Waals surface area (Å²) in [6.45, 7) is 3.34. The maximum Gasteiger partial charge on any atom is 0.241 e. The summed E-state index contributed by atoms with van der Waals surface area (Å²) in [5.74, 6) is -5.48. The van der Waals surface area contributed by atoms with E-state index in [1.165, 1.54) is 11.8 Å². The molecule has 0 saturated carbocycles. The lowest BCUT2D eigenvalue weighted by Crippen LogP contribution is -2.43. The third kappa shape index (κ3) is 5.30. The normalized spacial score (nSPS) is 12.0. The minimum atomic E-state index is -1.66. The average Bonchev–Trinajstić information content (AvgIpc) is 2.63. The van der Waals surface area contributed by atoms with Crippen molar-refractivity contribution in [3.8, 4) is 0 Å². The van der Waals surface area contributed by atoms with E-state index in [2.05, 4.69) is 10.6 Å². The van der Waals surface area contributed by atoms with E-state index in [1.807, 2.05) is 19.1 Å². The lowest BCUT2D eigenvalue weighted by molar-refractivity contribution is -0.122. The number of rotatable bonds is 6. The second-order valence-electron chi connectivity index (χ2n) is 6.22. The highest BCUT2D eigenvalue weighted by Gasteiger charge is 2.22. The van der Waals surface area contributed by atoms with Crippen LogP contribution in [0.5, 0.6) is 0 Å². The van der Waals surface area contributed by atoms with Crippen LogP contribution in [0.3, 0.4) is 0 Å². The second-order valence-corrected chi connectivity index (χ2v) is 6.22. The SMILES string of the molecule is Cc1ccc(NC(=O)CN(C)[C@H](C)C(=O)Nc2ccc(F)c(F)c2F)cc1. The molecule has 0 aliphatic rings. The number of carbonyl (C=O) groups is 2. The topological polar surface area (TPSA) is 61.4 Å². The number of anilines is 2. The molecule has 27 heavy (non-hydrogen) atoms. The first kappa shape index (κ1) is 20.4. The zero-order valence-corrected chi connectivity index (χ0v) is 15.1. The first-order valence-electron chi connectivity index (χ1n) is 8.20. The predicted octanol–water partition coefficient (Wildman–Crippen LogP) is 3.31. The number of benzene rings is 2. The summed E-state index contributed by atoms with van der Waals surface area (Å²) in [5, 5.41) is 4.90. The summed E-state index contributed by atoms with van der Waals surface area (Å²) in [4.78, 5) is 25.7. The molecule has 0 bridgehead atoms. The van der Waals surface area contributed by atoms with Gasteiger partial charge in [-0.3, -0.25) is 14.5 Å². The van der Waals surface area contributed by atoms with Crippen LogP contribution in [0.2, 0.25) is 0 Å². The summed E-state index contributed by atoms with van der Waals surface area (Å²) >= 11 is 0. The fourth-order valence-electron chi connectivity index (χ4n) is 2.26. The third-order valence-corrected chi connectivity index (χ3v) is 4.06. The fourth-order valence-corrected chi connectivity index (χ4v) is 2.26. The van der Waals surface area contributed by atoms with Gasteiger partial charge in [0.2, 0.25) is 11.8 Å². The Morgan fingerprint density at radius 3 is 2.26 bits per heavy atom. The Kier molecular flexibility index (Phi) is 6.57. The van der Waals surface area contributed by atoms with Crippen molar-refractivity contribution in [3.63, 3.8) is 0 Å². The van der Waals surface area contributed by atoms with Crippen molar-refractivity contribution in [2.75, 3.05) is 24.2 Å². The number of halogens is 3. The highest BCUT2D eigenvalue weighted by atomic mass is 19.2. The van der Waals surface area contributed by atoms with E-state index < -0.39 is 35.1 Å². The van der Waals surface area contributed by atoms with Gasteiger partial charge in [-0.05, 0) is 45.2 Å². The molecule has 2 N–H and O–H groups in total. The molecule has 2 amide bonds. The van der Waals surface area contributed by atoms with Crippen molar-refractivity contribution >= 4 is 23.2 Å². The minimum absolute atomic E-state index is 0.0945. The predicted molar refractivity (Wildman–Crippen MR) is 96.8 cm³/mol. The van der Waals surface area contributed by atoms with E-state index in [9.17, 15) is 22.8 Å². The molecule has 0 spiro atoms. The van der Waals surface area contributed by atoms with Crippen molar-refractivity contribution in [2.24, 2.45) is 0 Å². The van der Waals surface area contributed by atoms with Gasteiger partial charge in [-0.2, -0.15) is 0 Å². The molecule has 5 nitrogen and oxygen atoms in total. The highest BCUT2D eigenvalue weighted by Crippen LogP contribution is 2.20. The van der Waals surface area contributed by atoms with E-state index >= 15 is 0 Å². The van der Waals surface area contributed by atoms with Crippen LogP contribution in [0.1, 0.15) is 12.5 Å². The van der Waals surface area contributed by atoms with Crippen molar-refractivity contribution < 1.29 is 22.8 Å². The molecule has 0 aliphatic carbocycles. The van der Waals surface area contributed by atoms with E-state index in [4.69, 9.17) is 0 Å². The van der Waals surface area contributed by atoms with Crippen molar-refractivity contribution in [1.29, 1.82) is 0 Å². The molecule has 0 saturated heterocycles. The van der Waals surface area contributed by atoms with Gasteiger partial charge in [-0.1, -0.05) is 17.7 Å². The largest absolute Gasteiger partial charge is 0.325 e. The van der Waals surface area contributed by atoms with Crippen LogP contribution in [0.4, 0.5) is 24.5 Å². The smallest absolute Gasteiger partial charge is 0.241 e. The number of carbonyl (C=O) groups excluding carboxylic acids is 2. The molecule has 0 aromatic heterocycles. The molecule has 0 unspecified atom stereocenters. The Bertz CT molecular complexity index is 841. The van der Waals surface area contributed by atoms with Crippen LogP contribution in [-0.4, -0.2) is 36.3 Å². The molecule has 0 aliphatic heterocycles. The van der Waals surface area contributed by atoms with Crippen molar-refractivity contribution in [3.05, 3.63) is 59.4 Å². The molecule has 8 heteroatoms. The van der Waals surface area contributed by atoms with Gasteiger partial charge in [0.15, 0.2) is 17.5 Å². The first-order chi connectivity index (χ1) is 12.7. The Hall–Kier alpha value is -2.87. The molecule has 2 aromatic carbocycles. The molecule has 0 fully saturated rings. The Labute approximate surface area is 155 Å². The second kappa shape index (κ2) is 8.68. The van der Waals surface area contributed by atoms with Crippen LogP contribution in [-0.2, 0) is 9.59 Å². The van der Waals surface area contributed by atoms with Gasteiger partial charge >= 0.3 is 0 Å². The zero-order chi connectivity index (χ0) is 20.1. The molecular weight excluding hydrogens is 359 g/mol. The molecule has 2 rings (SSSR count). The van der Waals surface area contributed by atoms with Gasteiger partial charge in [0.05, 0.1) is 18.3 Å². The van der Waals surface area contributed by atoms with Crippen LogP contribution in [0.15, 0.2) is 36.4 Å². The van der Waals surface area contributed by atoms with Crippen molar-refractivity contribution in [2.45, 2.75) is 19.9 Å². The monoisotopic (exact) mass is 379 g/mol. The van der Waals surface area contributed by atoms with Crippen molar-refractivity contribution in [1.82, 2.24) is 4.90 Å². The minimum Gasteiger partial charge on any atom is -0.325 e. The van der Waals surface area contributed by atoms with Crippen LogP contribution >= 0.6 is 0 Å². The van der Waals surface area contributed by atoms with Crippen LogP contribution < -0.4 is 10.6 Å². The van der Waals surface area contributed by atoms with Crippen LogP contribution in [0, 0.1) is 24.4 Å². The fraction of sp³-hybridized carbons (Fsp3) is 0.263. The Balaban J connectivity index is 1.94. The molecule has 144 valence electrons. The summed E-state index contributed by atoms with van der Waals surface area (Å²) in [6, 6.07) is 8.06. The highest BCUT2D eigenvalue weighted by molar-refractivity contribution is 5.96. The molecular formula is C19H20F3N3O2. The Morgan fingerprint density at radius 1 is 1.00 bits per heavy atom. The van der Waals surface area contributed by atoms with Gasteiger partial charge in [0.1, 0.15) is 0 Å². The summed E-state index contributed by atoms with van der Waals surface area (Å²) in [7, 11) is 1.54. The number of hydrogen-bond donors (Lipinski definition) is 2. The first-order valence-corrected chi connectivity index (χ1v) is 8.20.